The van der Waals surface area contributed by atoms with E-state index in [-0.39, 0.29) is 29.2 Å². The molecule has 2 amide bonds. The number of benzene rings is 2. The van der Waals surface area contributed by atoms with E-state index in [2.05, 4.69) is 0 Å². The Kier molecular flexibility index (Phi) is 6.22. The van der Waals surface area contributed by atoms with Crippen LogP contribution in [0.25, 0.3) is 0 Å². The summed E-state index contributed by atoms with van der Waals surface area (Å²) in [5.74, 6) is -0.890. The van der Waals surface area contributed by atoms with Gasteiger partial charge in [0, 0.05) is 19.0 Å². The number of hydrogen-bond donors (Lipinski definition) is 1. The molecule has 0 bridgehead atoms. The molecule has 0 atom stereocenters. The van der Waals surface area contributed by atoms with Crippen molar-refractivity contribution in [2.75, 3.05) is 23.9 Å². The predicted octanol–water partition coefficient (Wildman–Crippen LogP) is 1.91. The Hall–Kier alpha value is -2.87. The Morgan fingerprint density at radius 1 is 1.07 bits per heavy atom. The van der Waals surface area contributed by atoms with Crippen molar-refractivity contribution in [3.63, 3.8) is 0 Å². The molecule has 7 nitrogen and oxygen atoms in total. The maximum atomic E-state index is 13.3. The van der Waals surface area contributed by atoms with Crippen LogP contribution in [0.3, 0.4) is 0 Å². The van der Waals surface area contributed by atoms with Crippen molar-refractivity contribution in [3.8, 4) is 0 Å². The zero-order chi connectivity index (χ0) is 21.0. The van der Waals surface area contributed by atoms with Crippen LogP contribution in [0.2, 0.25) is 0 Å². The minimum Gasteiger partial charge on any atom is -0.369 e. The molecule has 0 radical (unpaired) electrons. The highest BCUT2D eigenvalue weighted by atomic mass is 32.2. The molecule has 1 saturated heterocycles. The first-order valence-electron chi connectivity index (χ1n) is 9.50. The lowest BCUT2D eigenvalue weighted by Crippen LogP contribution is -2.47. The van der Waals surface area contributed by atoms with Crippen molar-refractivity contribution in [2.24, 2.45) is 11.7 Å². The molecule has 8 heteroatoms. The van der Waals surface area contributed by atoms with Crippen LogP contribution in [0.5, 0.6) is 0 Å². The van der Waals surface area contributed by atoms with Gasteiger partial charge in [-0.3, -0.25) is 13.9 Å². The molecule has 0 aliphatic carbocycles. The third kappa shape index (κ3) is 4.76. The van der Waals surface area contributed by atoms with Crippen LogP contribution in [0.1, 0.15) is 18.4 Å². The maximum absolute atomic E-state index is 13.3. The summed E-state index contributed by atoms with van der Waals surface area (Å²) in [7, 11) is -3.92. The fourth-order valence-electron chi connectivity index (χ4n) is 3.45. The van der Waals surface area contributed by atoms with E-state index in [1.807, 2.05) is 13.0 Å². The molecule has 0 saturated carbocycles. The first-order chi connectivity index (χ1) is 13.8. The van der Waals surface area contributed by atoms with Crippen molar-refractivity contribution in [1.29, 1.82) is 0 Å². The first-order valence-corrected chi connectivity index (χ1v) is 10.9. The van der Waals surface area contributed by atoms with Gasteiger partial charge in [-0.05, 0) is 49.6 Å². The van der Waals surface area contributed by atoms with E-state index in [1.165, 1.54) is 12.1 Å². The second kappa shape index (κ2) is 8.65. The molecule has 154 valence electrons. The Bertz CT molecular complexity index is 984. The lowest BCUT2D eigenvalue weighted by molar-refractivity contribution is -0.133. The number of hydrogen-bond acceptors (Lipinski definition) is 4. The lowest BCUT2D eigenvalue weighted by Gasteiger charge is -2.33. The number of sulfonamides is 1. The van der Waals surface area contributed by atoms with Gasteiger partial charge in [-0.2, -0.15) is 0 Å². The van der Waals surface area contributed by atoms with Crippen LogP contribution in [0.15, 0.2) is 59.5 Å². The monoisotopic (exact) mass is 415 g/mol. The normalized spacial score (nSPS) is 15.1. The van der Waals surface area contributed by atoms with Crippen molar-refractivity contribution in [1.82, 2.24) is 4.90 Å². The molecular weight excluding hydrogens is 390 g/mol. The lowest BCUT2D eigenvalue weighted by atomic mass is 9.96. The molecule has 1 aliphatic heterocycles. The third-order valence-corrected chi connectivity index (χ3v) is 6.94. The summed E-state index contributed by atoms with van der Waals surface area (Å²) in [5, 5.41) is 0. The van der Waals surface area contributed by atoms with Crippen molar-refractivity contribution in [2.45, 2.75) is 24.7 Å². The third-order valence-electron chi connectivity index (χ3n) is 5.15. The minimum atomic E-state index is -3.92. The van der Waals surface area contributed by atoms with Crippen molar-refractivity contribution < 1.29 is 18.0 Å². The van der Waals surface area contributed by atoms with Crippen LogP contribution in [0, 0.1) is 12.8 Å². The molecule has 2 aromatic carbocycles. The summed E-state index contributed by atoms with van der Waals surface area (Å²) in [4.78, 5) is 26.0. The van der Waals surface area contributed by atoms with E-state index >= 15 is 0 Å². The number of likely N-dealkylation sites (tertiary alicyclic amines) is 1. The SMILES string of the molecule is Cc1cccc(N(CC(=O)N2CCC(C(N)=O)CC2)S(=O)(=O)c2ccccc2)c1. The zero-order valence-corrected chi connectivity index (χ0v) is 17.1. The van der Waals surface area contributed by atoms with Gasteiger partial charge in [0.15, 0.2) is 0 Å². The molecule has 0 aromatic heterocycles. The molecular formula is C21H25N3O4S. The van der Waals surface area contributed by atoms with Gasteiger partial charge < -0.3 is 10.6 Å². The van der Waals surface area contributed by atoms with E-state index in [9.17, 15) is 18.0 Å². The van der Waals surface area contributed by atoms with Gasteiger partial charge in [0.1, 0.15) is 6.54 Å². The average molecular weight is 416 g/mol. The summed E-state index contributed by atoms with van der Waals surface area (Å²) in [6, 6.07) is 15.1. The summed E-state index contributed by atoms with van der Waals surface area (Å²) >= 11 is 0. The van der Waals surface area contributed by atoms with Gasteiger partial charge in [0.25, 0.3) is 10.0 Å². The summed E-state index contributed by atoms with van der Waals surface area (Å²) in [5.41, 5.74) is 6.68. The van der Waals surface area contributed by atoms with Crippen LogP contribution in [-0.2, 0) is 19.6 Å². The van der Waals surface area contributed by atoms with Crippen molar-refractivity contribution >= 4 is 27.5 Å². The molecule has 0 unspecified atom stereocenters. The maximum Gasteiger partial charge on any atom is 0.264 e. The fourth-order valence-corrected chi connectivity index (χ4v) is 4.88. The van der Waals surface area contributed by atoms with Crippen LogP contribution >= 0.6 is 0 Å². The highest BCUT2D eigenvalue weighted by molar-refractivity contribution is 7.92. The van der Waals surface area contributed by atoms with Gasteiger partial charge in [-0.15, -0.1) is 0 Å². The summed E-state index contributed by atoms with van der Waals surface area (Å²) in [6.45, 7) is 2.34. The number of aryl methyl sites for hydroxylation is 1. The van der Waals surface area contributed by atoms with Gasteiger partial charge >= 0.3 is 0 Å². The number of nitrogens with two attached hydrogens (primary N) is 1. The number of carbonyl (C=O) groups is 2. The van der Waals surface area contributed by atoms with Gasteiger partial charge in [0.2, 0.25) is 11.8 Å². The quantitative estimate of drug-likeness (QED) is 0.779. The highest BCUT2D eigenvalue weighted by Gasteiger charge is 2.31. The molecule has 1 fully saturated rings. The smallest absolute Gasteiger partial charge is 0.264 e. The Morgan fingerprint density at radius 3 is 2.31 bits per heavy atom. The summed E-state index contributed by atoms with van der Waals surface area (Å²) in [6.07, 6.45) is 0.994. The molecule has 1 heterocycles. The zero-order valence-electron chi connectivity index (χ0n) is 16.3. The highest BCUT2D eigenvalue weighted by Crippen LogP contribution is 2.25. The molecule has 1 aliphatic rings. The van der Waals surface area contributed by atoms with Crippen LogP contribution < -0.4 is 10.0 Å². The fraction of sp³-hybridized carbons (Fsp3) is 0.333. The van der Waals surface area contributed by atoms with E-state index < -0.39 is 10.0 Å². The number of amides is 2. The van der Waals surface area contributed by atoms with Crippen molar-refractivity contribution in [3.05, 3.63) is 60.2 Å². The first kappa shape index (κ1) is 20.9. The topological polar surface area (TPSA) is 101 Å². The average Bonchev–Trinajstić information content (AvgIpc) is 2.72. The standard InChI is InChI=1S/C21H25N3O4S/c1-16-6-5-7-18(14-16)24(29(27,28)19-8-3-2-4-9-19)15-20(25)23-12-10-17(11-13-23)21(22)26/h2-9,14,17H,10-13,15H2,1H3,(H2,22,26). The van der Waals surface area contributed by atoms with Crippen LogP contribution in [-0.4, -0.2) is 44.8 Å². The second-order valence-electron chi connectivity index (χ2n) is 7.22. The van der Waals surface area contributed by atoms with Crippen LogP contribution in [0.4, 0.5) is 5.69 Å². The molecule has 29 heavy (non-hydrogen) atoms. The molecule has 0 spiro atoms. The summed E-state index contributed by atoms with van der Waals surface area (Å²) < 4.78 is 27.7. The Morgan fingerprint density at radius 2 is 1.72 bits per heavy atom. The van der Waals surface area contributed by atoms with E-state index in [1.54, 1.807) is 41.3 Å². The number of carbonyl (C=O) groups excluding carboxylic acids is 2. The van der Waals surface area contributed by atoms with Gasteiger partial charge in [-0.25, -0.2) is 8.42 Å². The molecule has 3 rings (SSSR count). The molecule has 2 aromatic rings. The number of piperidine rings is 1. The van der Waals surface area contributed by atoms with E-state index in [0.29, 0.717) is 31.6 Å². The van der Waals surface area contributed by atoms with E-state index in [4.69, 9.17) is 5.73 Å². The Balaban J connectivity index is 1.87. The second-order valence-corrected chi connectivity index (χ2v) is 9.08. The largest absolute Gasteiger partial charge is 0.369 e. The number of anilines is 1. The van der Waals surface area contributed by atoms with Gasteiger partial charge in [0.05, 0.1) is 10.6 Å². The van der Waals surface area contributed by atoms with E-state index in [0.717, 1.165) is 9.87 Å². The molecule has 2 N–H and O–H groups in total. The number of nitrogens with zero attached hydrogens (tertiary/aromatic N) is 2. The number of rotatable bonds is 6. The number of primary amides is 1. The minimum absolute atomic E-state index is 0.127. The predicted molar refractivity (Wildman–Crippen MR) is 111 cm³/mol. The van der Waals surface area contributed by atoms with Gasteiger partial charge in [-0.1, -0.05) is 30.3 Å². The Labute approximate surface area is 171 Å².